The standard InChI is InChI=1S/C18H24N5O9P/c1-3-5-10(24)20-18-21-15-12(16(26)22-18)19-8-23(15)17-14(31-11(25)6-4-2)13-9(30-17)7-29-33(27,28)32-13/h8-9,12-14,17H,3-7H2,1-2H3,(H,27,28)(H,20,22,24,26)/t9-,12?,13-,14-,17?/m0/s1. The van der Waals surface area contributed by atoms with E-state index in [1.165, 1.54) is 11.2 Å². The molecule has 4 aliphatic heterocycles. The smallest absolute Gasteiger partial charge is 0.455 e. The van der Waals surface area contributed by atoms with E-state index >= 15 is 0 Å². The molecule has 15 heteroatoms. The molecule has 4 rings (SSSR count). The van der Waals surface area contributed by atoms with Crippen molar-refractivity contribution >= 4 is 43.7 Å². The maximum atomic E-state index is 12.5. The minimum absolute atomic E-state index is 0.107. The predicted molar refractivity (Wildman–Crippen MR) is 111 cm³/mol. The third-order valence-corrected chi connectivity index (χ3v) is 6.17. The highest BCUT2D eigenvalue weighted by molar-refractivity contribution is 7.47. The summed E-state index contributed by atoms with van der Waals surface area (Å²) < 4.78 is 33.4. The molecule has 0 aliphatic carbocycles. The highest BCUT2D eigenvalue weighted by Crippen LogP contribution is 2.52. The van der Waals surface area contributed by atoms with Gasteiger partial charge in [0.2, 0.25) is 11.9 Å². The Balaban J connectivity index is 1.61. The Labute approximate surface area is 188 Å². The first kappa shape index (κ1) is 23.6. The summed E-state index contributed by atoms with van der Waals surface area (Å²) in [4.78, 5) is 59.9. The summed E-state index contributed by atoms with van der Waals surface area (Å²) in [6.07, 6.45) is -1.38. The van der Waals surface area contributed by atoms with Crippen LogP contribution in [0.4, 0.5) is 0 Å². The zero-order chi connectivity index (χ0) is 23.8. The average molecular weight is 485 g/mol. The SMILES string of the molecule is CCCC(=O)NC1=NC(=O)C2N=CN(C3O[C@H]4COP(=O)(O)O[C@@H]4[C@@H]3OC(=O)CCC)C2=N1. The number of rotatable bonds is 6. The van der Waals surface area contributed by atoms with Crippen LogP contribution >= 0.6 is 7.82 Å². The Morgan fingerprint density at radius 1 is 1.30 bits per heavy atom. The molecule has 33 heavy (non-hydrogen) atoms. The van der Waals surface area contributed by atoms with Gasteiger partial charge in [-0.1, -0.05) is 13.8 Å². The van der Waals surface area contributed by atoms with Crippen LogP contribution in [0.15, 0.2) is 15.0 Å². The molecule has 14 nitrogen and oxygen atoms in total. The number of amidine groups is 1. The van der Waals surface area contributed by atoms with E-state index in [0.29, 0.717) is 12.8 Å². The fourth-order valence-corrected chi connectivity index (χ4v) is 4.71. The van der Waals surface area contributed by atoms with Gasteiger partial charge in [0.1, 0.15) is 12.2 Å². The molecule has 2 N–H and O–H groups in total. The quantitative estimate of drug-likeness (QED) is 0.380. The normalized spacial score (nSPS) is 34.9. The van der Waals surface area contributed by atoms with Crippen molar-refractivity contribution in [3.05, 3.63) is 0 Å². The van der Waals surface area contributed by atoms with E-state index in [4.69, 9.17) is 18.5 Å². The van der Waals surface area contributed by atoms with Crippen molar-refractivity contribution in [2.45, 2.75) is 70.1 Å². The summed E-state index contributed by atoms with van der Waals surface area (Å²) in [6, 6.07) is -1.06. The van der Waals surface area contributed by atoms with Gasteiger partial charge in [-0.2, -0.15) is 9.98 Å². The number of ether oxygens (including phenoxy) is 2. The minimum atomic E-state index is -4.36. The summed E-state index contributed by atoms with van der Waals surface area (Å²) >= 11 is 0. The first-order valence-corrected chi connectivity index (χ1v) is 12.0. The number of carbonyl (C=O) groups excluding carboxylic acids is 3. The Morgan fingerprint density at radius 2 is 2.06 bits per heavy atom. The highest BCUT2D eigenvalue weighted by Gasteiger charge is 2.57. The second-order valence-corrected chi connectivity index (χ2v) is 9.13. The first-order chi connectivity index (χ1) is 15.7. The van der Waals surface area contributed by atoms with Gasteiger partial charge in [-0.3, -0.25) is 38.6 Å². The highest BCUT2D eigenvalue weighted by atomic mass is 31.2. The van der Waals surface area contributed by atoms with E-state index in [2.05, 4.69) is 20.3 Å². The van der Waals surface area contributed by atoms with Crippen molar-refractivity contribution in [2.75, 3.05) is 6.61 Å². The number of amides is 2. The van der Waals surface area contributed by atoms with Gasteiger partial charge in [-0.05, 0) is 12.8 Å². The number of hydrogen-bond donors (Lipinski definition) is 2. The molecule has 0 aromatic rings. The molecule has 2 fully saturated rings. The number of aliphatic imine (C=N–C) groups is 3. The van der Waals surface area contributed by atoms with Gasteiger partial charge in [0, 0.05) is 12.8 Å². The molecule has 6 atom stereocenters. The van der Waals surface area contributed by atoms with Crippen LogP contribution in [-0.2, 0) is 37.5 Å². The molecule has 2 amide bonds. The third-order valence-electron chi connectivity index (χ3n) is 5.19. The lowest BCUT2D eigenvalue weighted by atomic mass is 10.1. The number of carbonyl (C=O) groups is 3. The van der Waals surface area contributed by atoms with Crippen molar-refractivity contribution in [1.82, 2.24) is 10.2 Å². The Kier molecular flexibility index (Phi) is 6.73. The van der Waals surface area contributed by atoms with E-state index < -0.39 is 50.3 Å². The summed E-state index contributed by atoms with van der Waals surface area (Å²) in [5.74, 6) is -1.62. The van der Waals surface area contributed by atoms with Crippen molar-refractivity contribution in [3.8, 4) is 0 Å². The molecule has 4 aliphatic rings. The number of phosphoric acid groups is 1. The van der Waals surface area contributed by atoms with Crippen LogP contribution in [0.3, 0.4) is 0 Å². The maximum Gasteiger partial charge on any atom is 0.472 e. The maximum absolute atomic E-state index is 12.5. The second-order valence-electron chi connectivity index (χ2n) is 7.72. The number of nitrogens with one attached hydrogen (secondary N) is 1. The van der Waals surface area contributed by atoms with Crippen LogP contribution < -0.4 is 5.32 Å². The molecule has 2 saturated heterocycles. The van der Waals surface area contributed by atoms with E-state index in [0.717, 1.165) is 0 Å². The van der Waals surface area contributed by atoms with Gasteiger partial charge in [0.05, 0.1) is 12.9 Å². The molecule has 3 unspecified atom stereocenters. The lowest BCUT2D eigenvalue weighted by molar-refractivity contribution is -0.158. The van der Waals surface area contributed by atoms with E-state index in [1.54, 1.807) is 6.92 Å². The lowest BCUT2D eigenvalue weighted by Gasteiger charge is -2.31. The molecule has 0 bridgehead atoms. The van der Waals surface area contributed by atoms with Crippen molar-refractivity contribution in [3.63, 3.8) is 0 Å². The monoisotopic (exact) mass is 485 g/mol. The van der Waals surface area contributed by atoms with Crippen molar-refractivity contribution < 1.29 is 42.4 Å². The van der Waals surface area contributed by atoms with Crippen LogP contribution in [-0.4, -0.2) is 82.9 Å². The number of phosphoric ester groups is 1. The lowest BCUT2D eigenvalue weighted by Crippen LogP contribution is -2.51. The molecular formula is C18H24N5O9P. The molecule has 4 heterocycles. The van der Waals surface area contributed by atoms with Gasteiger partial charge >= 0.3 is 13.8 Å². The average Bonchev–Trinajstić information content (AvgIpc) is 3.29. The van der Waals surface area contributed by atoms with Gasteiger partial charge in [-0.25, -0.2) is 4.57 Å². The topological polar surface area (TPSA) is 178 Å². The van der Waals surface area contributed by atoms with Crippen molar-refractivity contribution in [2.24, 2.45) is 15.0 Å². The summed E-state index contributed by atoms with van der Waals surface area (Å²) in [5.41, 5.74) is 0. The fourth-order valence-electron chi connectivity index (χ4n) is 3.75. The number of nitrogens with zero attached hydrogens (tertiary/aromatic N) is 4. The Morgan fingerprint density at radius 3 is 2.79 bits per heavy atom. The molecule has 0 spiro atoms. The van der Waals surface area contributed by atoms with Gasteiger partial charge in [0.15, 0.2) is 24.2 Å². The summed E-state index contributed by atoms with van der Waals surface area (Å²) in [7, 11) is -4.36. The summed E-state index contributed by atoms with van der Waals surface area (Å²) in [5, 5.41) is 2.47. The van der Waals surface area contributed by atoms with Crippen molar-refractivity contribution in [1.29, 1.82) is 0 Å². The summed E-state index contributed by atoms with van der Waals surface area (Å²) in [6.45, 7) is 3.36. The van der Waals surface area contributed by atoms with Gasteiger partial charge < -0.3 is 14.4 Å². The molecule has 0 aromatic heterocycles. The van der Waals surface area contributed by atoms with Crippen LogP contribution in [0.25, 0.3) is 0 Å². The Bertz CT molecular complexity index is 982. The molecule has 0 aromatic carbocycles. The predicted octanol–water partition coefficient (Wildman–Crippen LogP) is -0.137. The Hall–Kier alpha value is -2.51. The van der Waals surface area contributed by atoms with Crippen LogP contribution in [0.1, 0.15) is 39.5 Å². The number of fused-ring (bicyclic) bond motifs is 2. The van der Waals surface area contributed by atoms with E-state index in [9.17, 15) is 23.8 Å². The van der Waals surface area contributed by atoms with Gasteiger partial charge in [0.25, 0.3) is 5.91 Å². The largest absolute Gasteiger partial charge is 0.472 e. The molecular weight excluding hydrogens is 461 g/mol. The zero-order valence-corrected chi connectivity index (χ0v) is 18.8. The zero-order valence-electron chi connectivity index (χ0n) is 17.9. The molecule has 180 valence electrons. The fraction of sp³-hybridized carbons (Fsp3) is 0.667. The first-order valence-electron chi connectivity index (χ1n) is 10.6. The van der Waals surface area contributed by atoms with Crippen LogP contribution in [0.5, 0.6) is 0 Å². The van der Waals surface area contributed by atoms with E-state index in [-0.39, 0.29) is 37.2 Å². The van der Waals surface area contributed by atoms with E-state index in [1.807, 2.05) is 6.92 Å². The number of esters is 1. The van der Waals surface area contributed by atoms with Crippen LogP contribution in [0, 0.1) is 0 Å². The van der Waals surface area contributed by atoms with Crippen LogP contribution in [0.2, 0.25) is 0 Å². The minimum Gasteiger partial charge on any atom is -0.455 e. The third kappa shape index (κ3) is 4.89. The number of hydrogen-bond acceptors (Lipinski definition) is 11. The molecule has 0 saturated carbocycles. The number of guanidine groups is 1. The second kappa shape index (κ2) is 9.39. The molecule has 0 radical (unpaired) electrons. The van der Waals surface area contributed by atoms with Gasteiger partial charge in [-0.15, -0.1) is 0 Å².